The van der Waals surface area contributed by atoms with Crippen molar-refractivity contribution in [1.29, 1.82) is 0 Å². The van der Waals surface area contributed by atoms with Crippen molar-refractivity contribution in [2.45, 2.75) is 32.4 Å². The van der Waals surface area contributed by atoms with Gasteiger partial charge in [-0.15, -0.1) is 0 Å². The molecule has 1 unspecified atom stereocenters. The largest absolute Gasteiger partial charge is 0.445 e. The average Bonchev–Trinajstić information content (AvgIpc) is 3.03. The number of rotatable bonds is 3. The number of likely N-dealkylation sites (tertiary alicyclic amines) is 1. The van der Waals surface area contributed by atoms with E-state index in [2.05, 4.69) is 4.98 Å². The van der Waals surface area contributed by atoms with Gasteiger partial charge in [-0.25, -0.2) is 4.79 Å². The van der Waals surface area contributed by atoms with Gasteiger partial charge in [0, 0.05) is 12.7 Å². The van der Waals surface area contributed by atoms with Crippen LogP contribution in [0.3, 0.4) is 0 Å². The highest BCUT2D eigenvalue weighted by Gasteiger charge is 2.32. The van der Waals surface area contributed by atoms with E-state index in [4.69, 9.17) is 4.74 Å². The summed E-state index contributed by atoms with van der Waals surface area (Å²) in [4.78, 5) is 18.7. The molecule has 2 aromatic rings. The van der Waals surface area contributed by atoms with E-state index in [1.165, 1.54) is 0 Å². The van der Waals surface area contributed by atoms with Crippen molar-refractivity contribution in [2.75, 3.05) is 6.54 Å². The molecular formula is C18H20N2O2. The van der Waals surface area contributed by atoms with Crippen LogP contribution in [0.25, 0.3) is 0 Å². The smallest absolute Gasteiger partial charge is 0.410 e. The number of amides is 1. The van der Waals surface area contributed by atoms with Gasteiger partial charge in [-0.05, 0) is 37.0 Å². The molecule has 0 bridgehead atoms. The van der Waals surface area contributed by atoms with Gasteiger partial charge in [0.15, 0.2) is 0 Å². The van der Waals surface area contributed by atoms with Crippen molar-refractivity contribution < 1.29 is 9.53 Å². The van der Waals surface area contributed by atoms with Gasteiger partial charge in [-0.1, -0.05) is 36.4 Å². The van der Waals surface area contributed by atoms with E-state index < -0.39 is 0 Å². The first-order valence-corrected chi connectivity index (χ1v) is 7.64. The van der Waals surface area contributed by atoms with Gasteiger partial charge in [0.2, 0.25) is 0 Å². The van der Waals surface area contributed by atoms with E-state index in [1.54, 1.807) is 11.1 Å². The van der Waals surface area contributed by atoms with Crippen LogP contribution in [0.15, 0.2) is 48.7 Å². The van der Waals surface area contributed by atoms with Crippen LogP contribution in [-0.4, -0.2) is 22.5 Å². The van der Waals surface area contributed by atoms with Crippen LogP contribution in [0.2, 0.25) is 0 Å². The molecule has 3 rings (SSSR count). The highest BCUT2D eigenvalue weighted by molar-refractivity contribution is 5.68. The maximum atomic E-state index is 12.4. The van der Waals surface area contributed by atoms with E-state index >= 15 is 0 Å². The minimum absolute atomic E-state index is 0.0319. The van der Waals surface area contributed by atoms with Crippen LogP contribution >= 0.6 is 0 Å². The molecule has 1 atom stereocenters. The standard InChI is InChI=1S/C18H20N2O2/c1-14-7-5-11-19-17(14)16-10-6-12-20(16)18(21)22-13-15-8-3-2-4-9-15/h2-5,7-9,11,16H,6,10,12-13H2,1H3. The lowest BCUT2D eigenvalue weighted by Crippen LogP contribution is -2.31. The number of hydrogen-bond donors (Lipinski definition) is 0. The van der Waals surface area contributed by atoms with Crippen LogP contribution in [0.4, 0.5) is 4.79 Å². The first kappa shape index (κ1) is 14.6. The van der Waals surface area contributed by atoms with Gasteiger partial charge < -0.3 is 4.74 Å². The molecule has 0 aliphatic carbocycles. The molecule has 1 aliphatic heterocycles. The van der Waals surface area contributed by atoms with Crippen LogP contribution < -0.4 is 0 Å². The molecule has 4 nitrogen and oxygen atoms in total. The highest BCUT2D eigenvalue weighted by atomic mass is 16.6. The fourth-order valence-corrected chi connectivity index (χ4v) is 2.92. The number of aryl methyl sites for hydroxylation is 1. The van der Waals surface area contributed by atoms with Gasteiger partial charge in [0.05, 0.1) is 11.7 Å². The number of carbonyl (C=O) groups is 1. The van der Waals surface area contributed by atoms with E-state index in [0.717, 1.165) is 36.2 Å². The molecular weight excluding hydrogens is 276 g/mol. The third-order valence-electron chi connectivity index (χ3n) is 4.06. The molecule has 1 aromatic carbocycles. The van der Waals surface area contributed by atoms with Crippen LogP contribution in [0.5, 0.6) is 0 Å². The Morgan fingerprint density at radius 1 is 1.27 bits per heavy atom. The van der Waals surface area contributed by atoms with E-state index in [0.29, 0.717) is 6.61 Å². The molecule has 0 N–H and O–H groups in total. The molecule has 1 amide bonds. The van der Waals surface area contributed by atoms with Crippen LogP contribution in [0, 0.1) is 6.92 Å². The predicted octanol–water partition coefficient (Wildman–Crippen LogP) is 3.86. The highest BCUT2D eigenvalue weighted by Crippen LogP contribution is 2.32. The van der Waals surface area contributed by atoms with Crippen molar-refractivity contribution in [3.63, 3.8) is 0 Å². The second-order valence-electron chi connectivity index (χ2n) is 5.60. The third-order valence-corrected chi connectivity index (χ3v) is 4.06. The average molecular weight is 296 g/mol. The minimum Gasteiger partial charge on any atom is -0.445 e. The number of ether oxygens (including phenoxy) is 1. The van der Waals surface area contributed by atoms with Gasteiger partial charge in [0.1, 0.15) is 6.61 Å². The molecule has 1 aromatic heterocycles. The Hall–Kier alpha value is -2.36. The topological polar surface area (TPSA) is 42.4 Å². The Bertz CT molecular complexity index is 643. The summed E-state index contributed by atoms with van der Waals surface area (Å²) in [5.74, 6) is 0. The SMILES string of the molecule is Cc1cccnc1C1CCCN1C(=O)OCc1ccccc1. The summed E-state index contributed by atoms with van der Waals surface area (Å²) in [7, 11) is 0. The lowest BCUT2D eigenvalue weighted by Gasteiger charge is -2.24. The van der Waals surface area contributed by atoms with Crippen molar-refractivity contribution in [2.24, 2.45) is 0 Å². The first-order chi connectivity index (χ1) is 10.8. The number of pyridine rings is 1. The summed E-state index contributed by atoms with van der Waals surface area (Å²) < 4.78 is 5.46. The second-order valence-corrected chi connectivity index (χ2v) is 5.60. The molecule has 1 aliphatic rings. The van der Waals surface area contributed by atoms with E-state index in [1.807, 2.05) is 49.4 Å². The summed E-state index contributed by atoms with van der Waals surface area (Å²) in [6.45, 7) is 3.08. The van der Waals surface area contributed by atoms with Gasteiger partial charge in [0.25, 0.3) is 0 Å². The molecule has 2 heterocycles. The van der Waals surface area contributed by atoms with Crippen molar-refractivity contribution in [3.05, 3.63) is 65.5 Å². The van der Waals surface area contributed by atoms with E-state index in [-0.39, 0.29) is 12.1 Å². The molecule has 0 saturated carbocycles. The number of benzene rings is 1. The summed E-state index contributed by atoms with van der Waals surface area (Å²) in [5.41, 5.74) is 3.10. The van der Waals surface area contributed by atoms with Crippen molar-refractivity contribution >= 4 is 6.09 Å². The maximum absolute atomic E-state index is 12.4. The number of carbonyl (C=O) groups excluding carboxylic acids is 1. The van der Waals surface area contributed by atoms with Crippen molar-refractivity contribution in [1.82, 2.24) is 9.88 Å². The number of aromatic nitrogens is 1. The fraction of sp³-hybridized carbons (Fsp3) is 0.333. The van der Waals surface area contributed by atoms with Crippen molar-refractivity contribution in [3.8, 4) is 0 Å². The van der Waals surface area contributed by atoms with E-state index in [9.17, 15) is 4.79 Å². The van der Waals surface area contributed by atoms with Crippen LogP contribution in [-0.2, 0) is 11.3 Å². The minimum atomic E-state index is -0.253. The monoisotopic (exact) mass is 296 g/mol. The fourth-order valence-electron chi connectivity index (χ4n) is 2.92. The Labute approximate surface area is 130 Å². The lowest BCUT2D eigenvalue weighted by atomic mass is 10.1. The van der Waals surface area contributed by atoms with Crippen LogP contribution in [0.1, 0.15) is 35.7 Å². The number of hydrogen-bond acceptors (Lipinski definition) is 3. The lowest BCUT2D eigenvalue weighted by molar-refractivity contribution is 0.0914. The molecule has 22 heavy (non-hydrogen) atoms. The first-order valence-electron chi connectivity index (χ1n) is 7.64. The summed E-state index contributed by atoms with van der Waals surface area (Å²) in [5, 5.41) is 0. The van der Waals surface area contributed by atoms with Gasteiger partial charge >= 0.3 is 6.09 Å². The Kier molecular flexibility index (Phi) is 4.37. The zero-order valence-electron chi connectivity index (χ0n) is 12.7. The normalized spacial score (nSPS) is 17.5. The molecule has 114 valence electrons. The second kappa shape index (κ2) is 6.60. The summed E-state index contributed by atoms with van der Waals surface area (Å²) in [6.07, 6.45) is 3.46. The molecule has 0 spiro atoms. The summed E-state index contributed by atoms with van der Waals surface area (Å²) >= 11 is 0. The maximum Gasteiger partial charge on any atom is 0.410 e. The molecule has 4 heteroatoms. The van der Waals surface area contributed by atoms with Gasteiger partial charge in [-0.2, -0.15) is 0 Å². The molecule has 1 saturated heterocycles. The molecule has 1 fully saturated rings. The Balaban J connectivity index is 1.68. The summed E-state index contributed by atoms with van der Waals surface area (Å²) in [6, 6.07) is 13.7. The third kappa shape index (κ3) is 3.11. The zero-order valence-corrected chi connectivity index (χ0v) is 12.7. The van der Waals surface area contributed by atoms with Gasteiger partial charge in [-0.3, -0.25) is 9.88 Å². The Morgan fingerprint density at radius 2 is 2.09 bits per heavy atom. The predicted molar refractivity (Wildman–Crippen MR) is 84.3 cm³/mol. The quantitative estimate of drug-likeness (QED) is 0.863. The number of nitrogens with zero attached hydrogens (tertiary/aromatic N) is 2. The molecule has 0 radical (unpaired) electrons. The zero-order chi connectivity index (χ0) is 15.4. The Morgan fingerprint density at radius 3 is 2.86 bits per heavy atom.